The smallest absolute Gasteiger partial charge is 0.251 e. The summed E-state index contributed by atoms with van der Waals surface area (Å²) in [6.45, 7) is 8.60. The molecule has 0 spiro atoms. The predicted molar refractivity (Wildman–Crippen MR) is 140 cm³/mol. The molecule has 2 aliphatic rings. The third kappa shape index (κ3) is 4.99. The summed E-state index contributed by atoms with van der Waals surface area (Å²) in [7, 11) is 0. The molecule has 4 heterocycles. The maximum atomic E-state index is 12.7. The quantitative estimate of drug-likeness (QED) is 0.462. The van der Waals surface area contributed by atoms with Gasteiger partial charge in [-0.2, -0.15) is 4.57 Å². The van der Waals surface area contributed by atoms with Crippen LogP contribution in [0, 0.1) is 6.92 Å². The van der Waals surface area contributed by atoms with Crippen molar-refractivity contribution < 1.29 is 9.36 Å². The lowest BCUT2D eigenvalue weighted by atomic mass is 10.0. The maximum absolute atomic E-state index is 12.7. The second-order valence-electron chi connectivity index (χ2n) is 9.56. The number of pyridine rings is 3. The Morgan fingerprint density at radius 2 is 1.97 bits per heavy atom. The van der Waals surface area contributed by atoms with Gasteiger partial charge < -0.3 is 5.32 Å². The van der Waals surface area contributed by atoms with Crippen LogP contribution >= 0.6 is 0 Å². The van der Waals surface area contributed by atoms with Crippen molar-refractivity contribution in [1.82, 2.24) is 9.97 Å². The summed E-state index contributed by atoms with van der Waals surface area (Å²) in [6, 6.07) is 10.6. The molecule has 1 aliphatic carbocycles. The summed E-state index contributed by atoms with van der Waals surface area (Å²) < 4.78 is 2.23. The first-order valence-electron chi connectivity index (χ1n) is 12.3. The van der Waals surface area contributed by atoms with Crippen molar-refractivity contribution in [3.05, 3.63) is 101 Å². The van der Waals surface area contributed by atoms with Gasteiger partial charge in [0.15, 0.2) is 6.20 Å². The maximum Gasteiger partial charge on any atom is 0.251 e. The fourth-order valence-electron chi connectivity index (χ4n) is 4.71. The van der Waals surface area contributed by atoms with Gasteiger partial charge in [0.05, 0.1) is 35.3 Å². The molecule has 35 heavy (non-hydrogen) atoms. The van der Waals surface area contributed by atoms with Crippen LogP contribution in [0.3, 0.4) is 0 Å². The van der Waals surface area contributed by atoms with E-state index in [1.807, 2.05) is 18.3 Å². The Labute approximate surface area is 207 Å². The number of carbonyl (C=O) groups is 1. The minimum absolute atomic E-state index is 0.0811. The van der Waals surface area contributed by atoms with Crippen molar-refractivity contribution in [2.24, 2.45) is 0 Å². The number of anilines is 1. The third-order valence-corrected chi connectivity index (χ3v) is 6.76. The lowest BCUT2D eigenvalue weighted by Gasteiger charge is -2.10. The van der Waals surface area contributed by atoms with E-state index in [9.17, 15) is 4.79 Å². The van der Waals surface area contributed by atoms with Crippen molar-refractivity contribution in [2.45, 2.75) is 53.0 Å². The van der Waals surface area contributed by atoms with Crippen molar-refractivity contribution in [2.75, 3.05) is 5.32 Å². The second kappa shape index (κ2) is 9.41. The van der Waals surface area contributed by atoms with Gasteiger partial charge >= 0.3 is 0 Å². The molecule has 1 atom stereocenters. The van der Waals surface area contributed by atoms with Crippen LogP contribution in [0.1, 0.15) is 62.2 Å². The number of carbonyl (C=O) groups excluding carboxylic acids is 1. The predicted octanol–water partition coefficient (Wildman–Crippen LogP) is 5.91. The Kier molecular flexibility index (Phi) is 6.16. The van der Waals surface area contributed by atoms with E-state index >= 15 is 0 Å². The molecule has 1 aliphatic heterocycles. The van der Waals surface area contributed by atoms with Crippen LogP contribution in [0.5, 0.6) is 0 Å². The molecule has 176 valence electrons. The van der Waals surface area contributed by atoms with Gasteiger partial charge in [-0.25, -0.2) is 0 Å². The fourth-order valence-corrected chi connectivity index (χ4v) is 4.71. The monoisotopic (exact) mass is 463 g/mol. The van der Waals surface area contributed by atoms with Crippen LogP contribution in [0.25, 0.3) is 16.8 Å². The zero-order chi connectivity index (χ0) is 24.5. The molecule has 5 rings (SSSR count). The Bertz CT molecular complexity index is 1400. The van der Waals surface area contributed by atoms with Crippen LogP contribution in [0.15, 0.2) is 78.3 Å². The Hall–Kier alpha value is -3.86. The Morgan fingerprint density at radius 3 is 2.69 bits per heavy atom. The van der Waals surface area contributed by atoms with Gasteiger partial charge in [0.2, 0.25) is 11.9 Å². The number of allylic oxidation sites excluding steroid dienone is 6. The van der Waals surface area contributed by atoms with Gasteiger partial charge in [0, 0.05) is 24.8 Å². The minimum atomic E-state index is -0.0811. The van der Waals surface area contributed by atoms with E-state index < -0.39 is 0 Å². The average molecular weight is 464 g/mol. The van der Waals surface area contributed by atoms with Gasteiger partial charge in [-0.05, 0) is 56.0 Å². The molecular formula is C30H31N4O+. The van der Waals surface area contributed by atoms with E-state index in [2.05, 4.69) is 85.2 Å². The van der Waals surface area contributed by atoms with Crippen LogP contribution in [-0.4, -0.2) is 15.9 Å². The van der Waals surface area contributed by atoms with E-state index in [4.69, 9.17) is 4.98 Å². The van der Waals surface area contributed by atoms with Crippen LogP contribution < -0.4 is 9.88 Å². The van der Waals surface area contributed by atoms with E-state index in [1.54, 1.807) is 6.20 Å². The van der Waals surface area contributed by atoms with Gasteiger partial charge in [-0.15, -0.1) is 0 Å². The van der Waals surface area contributed by atoms with Gasteiger partial charge in [-0.1, -0.05) is 42.4 Å². The number of aryl methyl sites for hydroxylation is 1. The fraction of sp³-hybridized carbons (Fsp3) is 0.267. The molecule has 0 fully saturated rings. The van der Waals surface area contributed by atoms with Crippen LogP contribution in [0.4, 0.5) is 5.69 Å². The molecule has 0 saturated heterocycles. The molecule has 0 aromatic carbocycles. The third-order valence-electron chi connectivity index (χ3n) is 6.76. The van der Waals surface area contributed by atoms with E-state index in [0.717, 1.165) is 46.5 Å². The lowest BCUT2D eigenvalue weighted by molar-refractivity contribution is -0.589. The molecule has 1 N–H and O–H groups in total. The largest absolute Gasteiger partial charge is 0.324 e. The number of rotatable bonds is 6. The molecule has 5 heteroatoms. The molecular weight excluding hydrogens is 432 g/mol. The highest BCUT2D eigenvalue weighted by atomic mass is 16.1. The average Bonchev–Trinajstić information content (AvgIpc) is 3.54. The summed E-state index contributed by atoms with van der Waals surface area (Å²) in [5.41, 5.74) is 10.8. The highest BCUT2D eigenvalue weighted by Gasteiger charge is 2.40. The first-order chi connectivity index (χ1) is 16.9. The topological polar surface area (TPSA) is 58.8 Å². The van der Waals surface area contributed by atoms with Crippen LogP contribution in [-0.2, 0) is 11.2 Å². The number of hydrogen-bond donors (Lipinski definition) is 1. The summed E-state index contributed by atoms with van der Waals surface area (Å²) in [4.78, 5) is 21.9. The minimum Gasteiger partial charge on any atom is -0.324 e. The summed E-state index contributed by atoms with van der Waals surface area (Å²) in [5.74, 6) is -0.0811. The van der Waals surface area contributed by atoms with E-state index in [-0.39, 0.29) is 12.3 Å². The molecule has 0 radical (unpaired) electrons. The van der Waals surface area contributed by atoms with Gasteiger partial charge in [0.1, 0.15) is 0 Å². The van der Waals surface area contributed by atoms with Gasteiger partial charge in [-0.3, -0.25) is 14.8 Å². The number of aromatic nitrogens is 3. The van der Waals surface area contributed by atoms with Crippen molar-refractivity contribution in [3.8, 4) is 11.3 Å². The van der Waals surface area contributed by atoms with Crippen molar-refractivity contribution in [1.29, 1.82) is 0 Å². The molecule has 5 nitrogen and oxygen atoms in total. The first kappa shape index (κ1) is 22.9. The number of nitrogens with one attached hydrogen (secondary N) is 1. The van der Waals surface area contributed by atoms with Gasteiger partial charge in [0.25, 0.3) is 5.69 Å². The molecule has 0 saturated carbocycles. The van der Waals surface area contributed by atoms with Crippen molar-refractivity contribution in [3.63, 3.8) is 0 Å². The molecule has 3 aromatic rings. The number of amides is 1. The van der Waals surface area contributed by atoms with E-state index in [0.29, 0.717) is 11.7 Å². The first-order valence-corrected chi connectivity index (χ1v) is 12.3. The molecule has 3 aromatic heterocycles. The SMILES string of the molecule is CCC1=CC=C(c2ncc(CC(=O)Nc3ccc(-c4ccc5[n+](c4)C5C)nc3)cc2C)C=C(C)C1. The normalized spacial score (nSPS) is 16.5. The zero-order valence-corrected chi connectivity index (χ0v) is 20.8. The van der Waals surface area contributed by atoms with E-state index in [1.165, 1.54) is 16.8 Å². The highest BCUT2D eigenvalue weighted by molar-refractivity contribution is 5.92. The Morgan fingerprint density at radius 1 is 1.11 bits per heavy atom. The number of fused-ring (bicyclic) bond motifs is 1. The highest BCUT2D eigenvalue weighted by Crippen LogP contribution is 2.27. The molecule has 0 bridgehead atoms. The Balaban J connectivity index is 1.24. The standard InChI is InChI=1S/C30H30N4O/c1-5-22-6-7-24(13-19(2)12-22)30-20(3)14-23(16-32-30)15-29(35)33-26-9-10-27(31-17-26)25-8-11-28-21(4)34(28)18-25/h6-11,13-14,16-18,21H,5,12,15H2,1-4H3/p+1. The summed E-state index contributed by atoms with van der Waals surface area (Å²) >= 11 is 0. The van der Waals surface area contributed by atoms with Crippen LogP contribution in [0.2, 0.25) is 0 Å². The summed E-state index contributed by atoms with van der Waals surface area (Å²) in [6.07, 6.45) is 14.6. The zero-order valence-electron chi connectivity index (χ0n) is 20.8. The number of nitrogens with zero attached hydrogens (tertiary/aromatic N) is 3. The lowest BCUT2D eigenvalue weighted by Crippen LogP contribution is -2.15. The summed E-state index contributed by atoms with van der Waals surface area (Å²) in [5, 5.41) is 2.96. The second-order valence-corrected chi connectivity index (χ2v) is 9.56. The van der Waals surface area contributed by atoms with Crippen molar-refractivity contribution >= 4 is 17.2 Å². The number of hydrogen-bond acceptors (Lipinski definition) is 3. The molecule has 1 unspecified atom stereocenters. The molecule has 1 amide bonds.